The molecule has 1 aromatic heterocycles. The van der Waals surface area contributed by atoms with Gasteiger partial charge in [-0.3, -0.25) is 9.78 Å². The lowest BCUT2D eigenvalue weighted by molar-refractivity contribution is -0.137. The van der Waals surface area contributed by atoms with E-state index >= 15 is 0 Å². The summed E-state index contributed by atoms with van der Waals surface area (Å²) in [5, 5.41) is 0.0368. The van der Waals surface area contributed by atoms with Crippen molar-refractivity contribution in [2.75, 3.05) is 14.2 Å². The van der Waals surface area contributed by atoms with Crippen LogP contribution in [0.2, 0.25) is 5.02 Å². The second kappa shape index (κ2) is 9.90. The van der Waals surface area contributed by atoms with E-state index in [4.69, 9.17) is 21.1 Å². The Labute approximate surface area is 184 Å². The Kier molecular flexibility index (Phi) is 7.46. The average molecular weight is 456 g/mol. The van der Waals surface area contributed by atoms with Crippen molar-refractivity contribution in [2.45, 2.75) is 50.6 Å². The molecule has 0 radical (unpaired) electrons. The fraction of sp³-hybridized carbons (Fsp3) is 0.478. The van der Waals surface area contributed by atoms with E-state index in [2.05, 4.69) is 4.98 Å². The van der Waals surface area contributed by atoms with Gasteiger partial charge in [0.2, 0.25) is 0 Å². The molecule has 1 aliphatic carbocycles. The van der Waals surface area contributed by atoms with Gasteiger partial charge in [0.15, 0.2) is 0 Å². The molecule has 0 N–H and O–H groups in total. The van der Waals surface area contributed by atoms with Crippen LogP contribution in [0.1, 0.15) is 54.8 Å². The Hall–Kier alpha value is -2.28. The van der Waals surface area contributed by atoms with Gasteiger partial charge in [0, 0.05) is 24.5 Å². The molecule has 0 unspecified atom stereocenters. The first kappa shape index (κ1) is 23.4. The summed E-state index contributed by atoms with van der Waals surface area (Å²) in [6, 6.07) is 6.44. The predicted octanol–water partition coefficient (Wildman–Crippen LogP) is 6.25. The minimum absolute atomic E-state index is 0.0303. The number of benzene rings is 1. The Balaban J connectivity index is 1.57. The molecule has 0 atom stereocenters. The number of ketones is 1. The second-order valence-electron chi connectivity index (χ2n) is 7.78. The maximum Gasteiger partial charge on any atom is 0.417 e. The summed E-state index contributed by atoms with van der Waals surface area (Å²) in [4.78, 5) is 16.7. The maximum atomic E-state index is 12.8. The summed E-state index contributed by atoms with van der Waals surface area (Å²) in [6.07, 6.45) is 0.0394. The number of nitrogens with zero attached hydrogens (tertiary/aromatic N) is 1. The van der Waals surface area contributed by atoms with E-state index in [-0.39, 0.29) is 22.6 Å². The molecule has 2 aromatic rings. The van der Waals surface area contributed by atoms with Crippen molar-refractivity contribution in [3.05, 3.63) is 52.3 Å². The number of methoxy groups -OCH3 is 2. The largest absolute Gasteiger partial charge is 0.497 e. The van der Waals surface area contributed by atoms with Gasteiger partial charge in [0.05, 0.1) is 30.5 Å². The highest BCUT2D eigenvalue weighted by Crippen LogP contribution is 2.40. The first-order valence-electron chi connectivity index (χ1n) is 10.2. The highest BCUT2D eigenvalue weighted by Gasteiger charge is 2.33. The number of hydrogen-bond donors (Lipinski definition) is 0. The average Bonchev–Trinajstić information content (AvgIpc) is 2.76. The summed E-state index contributed by atoms with van der Waals surface area (Å²) in [7, 11) is 3.18. The van der Waals surface area contributed by atoms with Gasteiger partial charge in [0.25, 0.3) is 0 Å². The summed E-state index contributed by atoms with van der Waals surface area (Å²) in [5.41, 5.74) is 0.560. The normalized spacial score (nSPS) is 19.2. The van der Waals surface area contributed by atoms with Crippen molar-refractivity contribution in [1.82, 2.24) is 4.98 Å². The van der Waals surface area contributed by atoms with E-state index in [9.17, 15) is 18.0 Å². The molecule has 0 saturated heterocycles. The molecule has 0 amide bonds. The molecule has 0 bridgehead atoms. The van der Waals surface area contributed by atoms with Crippen LogP contribution in [0, 0.1) is 5.92 Å². The first-order chi connectivity index (χ1) is 14.7. The summed E-state index contributed by atoms with van der Waals surface area (Å²) >= 11 is 6.09. The number of carbonyl (C=O) groups is 1. The Bertz CT molecular complexity index is 925. The van der Waals surface area contributed by atoms with Crippen molar-refractivity contribution in [3.8, 4) is 11.5 Å². The number of aromatic nitrogens is 1. The standard InChI is InChI=1S/C23H25ClF3NO3/c1-30-18-8-10-21(31-2)16(11-18)7-9-20(29)14-3-5-15(6-4-14)22-19(24)12-17(13-28-22)23(25,26)27/h8,10-15H,3-7,9H2,1-2H3. The second-order valence-corrected chi connectivity index (χ2v) is 8.19. The van der Waals surface area contributed by atoms with Crippen LogP contribution in [0.5, 0.6) is 11.5 Å². The third kappa shape index (κ3) is 5.70. The zero-order valence-electron chi connectivity index (χ0n) is 17.5. The van der Waals surface area contributed by atoms with Gasteiger partial charge < -0.3 is 9.47 Å². The zero-order chi connectivity index (χ0) is 22.6. The first-order valence-corrected chi connectivity index (χ1v) is 10.6. The number of hydrogen-bond acceptors (Lipinski definition) is 4. The fourth-order valence-electron chi connectivity index (χ4n) is 4.13. The van der Waals surface area contributed by atoms with E-state index < -0.39 is 11.7 Å². The molecule has 1 fully saturated rings. The van der Waals surface area contributed by atoms with E-state index in [1.165, 1.54) is 0 Å². The number of alkyl halides is 3. The van der Waals surface area contributed by atoms with Crippen molar-refractivity contribution in [1.29, 1.82) is 0 Å². The van der Waals surface area contributed by atoms with E-state index in [1.54, 1.807) is 14.2 Å². The molecule has 168 valence electrons. The quantitative estimate of drug-likeness (QED) is 0.495. The highest BCUT2D eigenvalue weighted by atomic mass is 35.5. The molecular formula is C23H25ClF3NO3. The summed E-state index contributed by atoms with van der Waals surface area (Å²) < 4.78 is 49.1. The fourth-order valence-corrected chi connectivity index (χ4v) is 4.45. The van der Waals surface area contributed by atoms with Crippen molar-refractivity contribution in [2.24, 2.45) is 5.92 Å². The monoisotopic (exact) mass is 455 g/mol. The Morgan fingerprint density at radius 3 is 2.42 bits per heavy atom. The van der Waals surface area contributed by atoms with Crippen LogP contribution < -0.4 is 9.47 Å². The van der Waals surface area contributed by atoms with Crippen molar-refractivity contribution < 1.29 is 27.4 Å². The summed E-state index contributed by atoms with van der Waals surface area (Å²) in [5.74, 6) is 1.54. The molecule has 0 spiro atoms. The van der Waals surface area contributed by atoms with Gasteiger partial charge in [0.1, 0.15) is 17.3 Å². The Morgan fingerprint density at radius 2 is 1.84 bits per heavy atom. The summed E-state index contributed by atoms with van der Waals surface area (Å²) in [6.45, 7) is 0. The maximum absolute atomic E-state index is 12.8. The number of ether oxygens (including phenoxy) is 2. The van der Waals surface area contributed by atoms with Crippen LogP contribution in [0.25, 0.3) is 0 Å². The van der Waals surface area contributed by atoms with Crippen molar-refractivity contribution >= 4 is 17.4 Å². The van der Waals surface area contributed by atoms with Crippen LogP contribution in [0.4, 0.5) is 13.2 Å². The number of aryl methyl sites for hydroxylation is 1. The van der Waals surface area contributed by atoms with Gasteiger partial charge in [-0.2, -0.15) is 13.2 Å². The zero-order valence-corrected chi connectivity index (χ0v) is 18.2. The third-order valence-electron chi connectivity index (χ3n) is 5.89. The van der Waals surface area contributed by atoms with Crippen LogP contribution in [-0.2, 0) is 17.4 Å². The van der Waals surface area contributed by atoms with Crippen LogP contribution >= 0.6 is 11.6 Å². The van der Waals surface area contributed by atoms with Crippen molar-refractivity contribution in [3.63, 3.8) is 0 Å². The molecule has 4 nitrogen and oxygen atoms in total. The number of carbonyl (C=O) groups excluding carboxylic acids is 1. The van der Waals surface area contributed by atoms with Crippen LogP contribution in [0.3, 0.4) is 0 Å². The van der Waals surface area contributed by atoms with E-state index in [1.807, 2.05) is 18.2 Å². The number of rotatable bonds is 7. The van der Waals surface area contributed by atoms with E-state index in [0.29, 0.717) is 50.0 Å². The third-order valence-corrected chi connectivity index (χ3v) is 6.20. The van der Waals surface area contributed by atoms with Gasteiger partial charge in [-0.05, 0) is 61.9 Å². The van der Waals surface area contributed by atoms with Gasteiger partial charge >= 0.3 is 6.18 Å². The molecule has 1 saturated carbocycles. The minimum Gasteiger partial charge on any atom is -0.497 e. The van der Waals surface area contributed by atoms with E-state index in [0.717, 1.165) is 23.6 Å². The molecule has 0 aliphatic heterocycles. The highest BCUT2D eigenvalue weighted by molar-refractivity contribution is 6.31. The lowest BCUT2D eigenvalue weighted by atomic mass is 9.77. The molecule has 1 aliphatic rings. The topological polar surface area (TPSA) is 48.4 Å². The number of pyridine rings is 1. The molecule has 31 heavy (non-hydrogen) atoms. The molecule has 1 aromatic carbocycles. The molecule has 3 rings (SSSR count). The number of halogens is 4. The van der Waals surface area contributed by atoms with Crippen LogP contribution in [-0.4, -0.2) is 25.0 Å². The Morgan fingerprint density at radius 1 is 1.13 bits per heavy atom. The molecule has 1 heterocycles. The van der Waals surface area contributed by atoms with Gasteiger partial charge in [-0.1, -0.05) is 11.6 Å². The van der Waals surface area contributed by atoms with Gasteiger partial charge in [-0.25, -0.2) is 0 Å². The number of Topliss-reactive ketones (excluding diaryl/α,β-unsaturated/α-hetero) is 1. The van der Waals surface area contributed by atoms with Gasteiger partial charge in [-0.15, -0.1) is 0 Å². The molecular weight excluding hydrogens is 431 g/mol. The lowest BCUT2D eigenvalue weighted by Crippen LogP contribution is -2.22. The smallest absolute Gasteiger partial charge is 0.417 e. The van der Waals surface area contributed by atoms with Crippen LogP contribution in [0.15, 0.2) is 30.5 Å². The minimum atomic E-state index is -4.47. The SMILES string of the molecule is COc1ccc(OC)c(CCC(=O)C2CCC(c3ncc(C(F)(F)F)cc3Cl)CC2)c1. The molecule has 8 heteroatoms. The lowest BCUT2D eigenvalue weighted by Gasteiger charge is -2.28. The predicted molar refractivity (Wildman–Crippen MR) is 112 cm³/mol.